The van der Waals surface area contributed by atoms with Gasteiger partial charge < -0.3 is 4.55 Å². The first-order valence-corrected chi connectivity index (χ1v) is 3.48. The Morgan fingerprint density at radius 2 is 1.78 bits per heavy atom. The molecule has 1 nitrogen and oxygen atoms in total. The molecule has 0 bridgehead atoms. The maximum Gasteiger partial charge on any atom is 0.0350 e. The average Bonchev–Trinajstić information content (AvgIpc) is 1.90. The van der Waals surface area contributed by atoms with E-state index in [1.54, 1.807) is 0 Å². The molecule has 0 heterocycles. The van der Waals surface area contributed by atoms with Gasteiger partial charge in [-0.3, -0.25) is 0 Å². The molecule has 0 atom stereocenters. The molecule has 48 valence electrons. The molecule has 0 aliphatic carbocycles. The van der Waals surface area contributed by atoms with Crippen molar-refractivity contribution in [1.29, 1.82) is 0 Å². The van der Waals surface area contributed by atoms with Gasteiger partial charge in [0.05, 0.1) is 0 Å². The Hall–Kier alpha value is -0.470. The third-order valence-electron chi connectivity index (χ3n) is 1.13. The highest BCUT2D eigenvalue weighted by Crippen LogP contribution is 2.13. The Morgan fingerprint density at radius 3 is 2.22 bits per heavy atom. The maximum atomic E-state index is 8.55. The summed E-state index contributed by atoms with van der Waals surface area (Å²) < 4.78 is 8.55. The molecule has 1 aromatic carbocycles. The number of aryl methyl sites for hydroxylation is 1. The van der Waals surface area contributed by atoms with Crippen LogP contribution in [0.1, 0.15) is 5.56 Å². The summed E-state index contributed by atoms with van der Waals surface area (Å²) in [6, 6.07) is 7.72. The van der Waals surface area contributed by atoms with Gasteiger partial charge in [-0.1, -0.05) is 17.7 Å². The van der Waals surface area contributed by atoms with E-state index in [0.717, 1.165) is 16.9 Å². The van der Waals surface area contributed by atoms with Gasteiger partial charge in [-0.2, -0.15) is 0 Å². The molecule has 0 fully saturated rings. The Kier molecular flexibility index (Phi) is 2.14. The lowest BCUT2D eigenvalue weighted by molar-refractivity contribution is 0.664. The molecule has 0 aliphatic rings. The molecule has 1 N–H and O–H groups in total. The summed E-state index contributed by atoms with van der Waals surface area (Å²) in [6.45, 7) is 2.02. The molecule has 0 saturated heterocycles. The van der Waals surface area contributed by atoms with Crippen LogP contribution in [0, 0.1) is 6.92 Å². The minimum absolute atomic E-state index is 0.777. The van der Waals surface area contributed by atoms with Crippen LogP contribution < -0.4 is 0 Å². The molecule has 0 spiro atoms. The Balaban J connectivity index is 2.88. The van der Waals surface area contributed by atoms with Crippen molar-refractivity contribution in [1.82, 2.24) is 0 Å². The number of rotatable bonds is 1. The second-order valence-corrected chi connectivity index (χ2v) is 2.56. The van der Waals surface area contributed by atoms with Crippen LogP contribution in [0.2, 0.25) is 0 Å². The summed E-state index contributed by atoms with van der Waals surface area (Å²) >= 11 is 0.777. The van der Waals surface area contributed by atoms with E-state index >= 15 is 0 Å². The van der Waals surface area contributed by atoms with E-state index < -0.39 is 0 Å². The van der Waals surface area contributed by atoms with E-state index in [2.05, 4.69) is 0 Å². The molecule has 0 aromatic heterocycles. The zero-order valence-electron chi connectivity index (χ0n) is 5.16. The number of hydrogen-bond acceptors (Lipinski definition) is 2. The standard InChI is InChI=1S/C7H8OS/c1-6-2-4-7(9-8)5-3-6/h2-5,8H,1H3. The predicted molar refractivity (Wildman–Crippen MR) is 39.7 cm³/mol. The summed E-state index contributed by atoms with van der Waals surface area (Å²) in [4.78, 5) is 0.889. The van der Waals surface area contributed by atoms with Crippen molar-refractivity contribution >= 4 is 12.0 Å². The Morgan fingerprint density at radius 1 is 1.22 bits per heavy atom. The highest BCUT2D eigenvalue weighted by Gasteiger charge is 1.87. The highest BCUT2D eigenvalue weighted by molar-refractivity contribution is 7.93. The molecule has 1 aromatic rings. The van der Waals surface area contributed by atoms with Crippen LogP contribution in [0.25, 0.3) is 0 Å². The van der Waals surface area contributed by atoms with E-state index in [1.807, 2.05) is 31.2 Å². The minimum Gasteiger partial charge on any atom is -0.325 e. The molecular weight excluding hydrogens is 132 g/mol. The van der Waals surface area contributed by atoms with Gasteiger partial charge in [0.15, 0.2) is 0 Å². The summed E-state index contributed by atoms with van der Waals surface area (Å²) in [5, 5.41) is 0. The Bertz CT molecular complexity index is 181. The third-order valence-corrected chi connectivity index (χ3v) is 1.61. The van der Waals surface area contributed by atoms with Crippen LogP contribution in [-0.2, 0) is 0 Å². The summed E-state index contributed by atoms with van der Waals surface area (Å²) in [7, 11) is 0. The van der Waals surface area contributed by atoms with Gasteiger partial charge in [0.2, 0.25) is 0 Å². The summed E-state index contributed by atoms with van der Waals surface area (Å²) in [5.41, 5.74) is 1.22. The van der Waals surface area contributed by atoms with E-state index in [-0.39, 0.29) is 0 Å². The SMILES string of the molecule is Cc1ccc(SO)cc1. The smallest absolute Gasteiger partial charge is 0.0350 e. The van der Waals surface area contributed by atoms with Gasteiger partial charge in [0, 0.05) is 16.9 Å². The minimum atomic E-state index is 0.777. The highest BCUT2D eigenvalue weighted by atomic mass is 32.2. The fourth-order valence-corrected chi connectivity index (χ4v) is 0.857. The van der Waals surface area contributed by atoms with Crippen molar-refractivity contribution < 1.29 is 4.55 Å². The van der Waals surface area contributed by atoms with Gasteiger partial charge in [0.25, 0.3) is 0 Å². The topological polar surface area (TPSA) is 20.2 Å². The fraction of sp³-hybridized carbons (Fsp3) is 0.143. The fourth-order valence-electron chi connectivity index (χ4n) is 0.599. The lowest BCUT2D eigenvalue weighted by Crippen LogP contribution is -1.70. The second kappa shape index (κ2) is 2.90. The van der Waals surface area contributed by atoms with Gasteiger partial charge in [-0.05, 0) is 19.1 Å². The molecule has 0 saturated carbocycles. The second-order valence-electron chi connectivity index (χ2n) is 1.90. The zero-order chi connectivity index (χ0) is 6.69. The third kappa shape index (κ3) is 1.73. The van der Waals surface area contributed by atoms with Crippen LogP contribution in [0.5, 0.6) is 0 Å². The quantitative estimate of drug-likeness (QED) is 0.605. The molecule has 0 amide bonds. The zero-order valence-corrected chi connectivity index (χ0v) is 5.98. The van der Waals surface area contributed by atoms with E-state index in [9.17, 15) is 0 Å². The summed E-state index contributed by atoms with van der Waals surface area (Å²) in [6.07, 6.45) is 0. The van der Waals surface area contributed by atoms with Crippen LogP contribution in [0.3, 0.4) is 0 Å². The van der Waals surface area contributed by atoms with Crippen molar-refractivity contribution in [3.05, 3.63) is 29.8 Å². The molecule has 0 unspecified atom stereocenters. The van der Waals surface area contributed by atoms with Crippen molar-refractivity contribution in [2.45, 2.75) is 11.8 Å². The predicted octanol–water partition coefficient (Wildman–Crippen LogP) is 2.56. The first-order valence-electron chi connectivity index (χ1n) is 2.71. The molecule has 0 radical (unpaired) electrons. The van der Waals surface area contributed by atoms with Crippen molar-refractivity contribution in [2.24, 2.45) is 0 Å². The van der Waals surface area contributed by atoms with Crippen molar-refractivity contribution in [2.75, 3.05) is 0 Å². The van der Waals surface area contributed by atoms with E-state index in [0.29, 0.717) is 0 Å². The number of hydrogen-bond donors (Lipinski definition) is 1. The van der Waals surface area contributed by atoms with Gasteiger partial charge in [-0.25, -0.2) is 0 Å². The maximum absolute atomic E-state index is 8.55. The van der Waals surface area contributed by atoms with Crippen LogP contribution in [0.15, 0.2) is 29.2 Å². The molecular formula is C7H8OS. The first kappa shape index (κ1) is 6.65. The van der Waals surface area contributed by atoms with Gasteiger partial charge in [-0.15, -0.1) is 0 Å². The molecule has 0 aliphatic heterocycles. The van der Waals surface area contributed by atoms with Gasteiger partial charge >= 0.3 is 0 Å². The van der Waals surface area contributed by atoms with Gasteiger partial charge in [0.1, 0.15) is 0 Å². The van der Waals surface area contributed by atoms with Crippen LogP contribution in [0.4, 0.5) is 0 Å². The lowest BCUT2D eigenvalue weighted by atomic mass is 10.2. The summed E-state index contributed by atoms with van der Waals surface area (Å²) in [5.74, 6) is 0. The molecule has 1 rings (SSSR count). The average molecular weight is 140 g/mol. The first-order chi connectivity index (χ1) is 4.33. The Labute approximate surface area is 58.9 Å². The number of benzene rings is 1. The van der Waals surface area contributed by atoms with E-state index in [4.69, 9.17) is 4.55 Å². The molecule has 9 heavy (non-hydrogen) atoms. The monoisotopic (exact) mass is 140 g/mol. The molecule has 2 heteroatoms. The normalized spacial score (nSPS) is 9.56. The van der Waals surface area contributed by atoms with Crippen molar-refractivity contribution in [3.8, 4) is 0 Å². The largest absolute Gasteiger partial charge is 0.325 e. The van der Waals surface area contributed by atoms with Crippen LogP contribution in [-0.4, -0.2) is 4.55 Å². The van der Waals surface area contributed by atoms with Crippen molar-refractivity contribution in [3.63, 3.8) is 0 Å². The van der Waals surface area contributed by atoms with E-state index in [1.165, 1.54) is 5.56 Å². The lowest BCUT2D eigenvalue weighted by Gasteiger charge is -1.92. The van der Waals surface area contributed by atoms with Crippen LogP contribution >= 0.6 is 12.0 Å².